The molecule has 0 spiro atoms. The Morgan fingerprint density at radius 1 is 0.861 bits per heavy atom. The molecule has 1 aliphatic rings. The fourth-order valence-corrected chi connectivity index (χ4v) is 4.60. The molecule has 4 aromatic rings. The van der Waals surface area contributed by atoms with Crippen LogP contribution >= 0.6 is 0 Å². The van der Waals surface area contributed by atoms with Gasteiger partial charge in [-0.3, -0.25) is 4.79 Å². The smallest absolute Gasteiger partial charge is 0.337 e. The Morgan fingerprint density at radius 2 is 1.58 bits per heavy atom. The molecule has 36 heavy (non-hydrogen) atoms. The molecule has 0 unspecified atom stereocenters. The first-order valence-corrected chi connectivity index (χ1v) is 11.8. The van der Waals surface area contributed by atoms with E-state index in [0.717, 1.165) is 13.1 Å². The summed E-state index contributed by atoms with van der Waals surface area (Å²) in [5.41, 5.74) is 3.68. The van der Waals surface area contributed by atoms with Crippen molar-refractivity contribution in [1.82, 2.24) is 9.55 Å². The second kappa shape index (κ2) is 9.73. The van der Waals surface area contributed by atoms with Crippen molar-refractivity contribution in [1.29, 1.82) is 0 Å². The SMILES string of the molecule is COC(=O)c1ccc2c(=O)n(-c3cccc(OC)c3)c(N3CCN(c4cccc(C)c4)CC3)nc2c1. The Hall–Kier alpha value is -4.33. The van der Waals surface area contributed by atoms with Crippen LogP contribution < -0.4 is 20.1 Å². The third-order valence-electron chi connectivity index (χ3n) is 6.51. The second-order valence-corrected chi connectivity index (χ2v) is 8.79. The molecule has 0 atom stereocenters. The van der Waals surface area contributed by atoms with E-state index < -0.39 is 5.97 Å². The number of hydrogen-bond donors (Lipinski definition) is 0. The standard InChI is InChI=1S/C28H28N4O4/c1-19-6-4-7-21(16-19)30-12-14-31(15-13-30)28-29-25-17-20(27(34)36-3)10-11-24(25)26(33)32(28)22-8-5-9-23(18-22)35-2/h4-11,16-18H,12-15H2,1-3H3. The monoisotopic (exact) mass is 484 g/mol. The summed E-state index contributed by atoms with van der Waals surface area (Å²) in [6.07, 6.45) is 0. The third-order valence-corrected chi connectivity index (χ3v) is 6.51. The minimum Gasteiger partial charge on any atom is -0.497 e. The zero-order valence-electron chi connectivity index (χ0n) is 20.6. The van der Waals surface area contributed by atoms with Crippen molar-refractivity contribution in [2.24, 2.45) is 0 Å². The van der Waals surface area contributed by atoms with Crippen LogP contribution in [0.5, 0.6) is 5.75 Å². The van der Waals surface area contributed by atoms with Gasteiger partial charge in [0.1, 0.15) is 5.75 Å². The highest BCUT2D eigenvalue weighted by Crippen LogP contribution is 2.25. The maximum Gasteiger partial charge on any atom is 0.337 e. The summed E-state index contributed by atoms with van der Waals surface area (Å²) in [6.45, 7) is 5.04. The average Bonchev–Trinajstić information content (AvgIpc) is 2.92. The molecule has 0 bridgehead atoms. The van der Waals surface area contributed by atoms with Crippen LogP contribution in [0.4, 0.5) is 11.6 Å². The lowest BCUT2D eigenvalue weighted by Gasteiger charge is -2.37. The molecule has 1 fully saturated rings. The van der Waals surface area contributed by atoms with Gasteiger partial charge in [-0.2, -0.15) is 0 Å². The zero-order valence-corrected chi connectivity index (χ0v) is 20.6. The van der Waals surface area contributed by atoms with Gasteiger partial charge in [0.15, 0.2) is 0 Å². The molecular weight excluding hydrogens is 456 g/mol. The molecular formula is C28H28N4O4. The maximum absolute atomic E-state index is 13.8. The second-order valence-electron chi connectivity index (χ2n) is 8.79. The molecule has 0 amide bonds. The minimum absolute atomic E-state index is 0.208. The van der Waals surface area contributed by atoms with Crippen LogP contribution in [0.3, 0.4) is 0 Å². The van der Waals surface area contributed by atoms with Crippen molar-refractivity contribution >= 4 is 28.5 Å². The molecule has 8 nitrogen and oxygen atoms in total. The largest absolute Gasteiger partial charge is 0.497 e. The highest BCUT2D eigenvalue weighted by atomic mass is 16.5. The number of rotatable bonds is 5. The number of carbonyl (C=O) groups excluding carboxylic acids is 1. The number of carbonyl (C=O) groups is 1. The predicted molar refractivity (Wildman–Crippen MR) is 141 cm³/mol. The third kappa shape index (κ3) is 4.37. The van der Waals surface area contributed by atoms with Crippen molar-refractivity contribution in [3.05, 3.63) is 88.2 Å². The van der Waals surface area contributed by atoms with Gasteiger partial charge in [-0.15, -0.1) is 0 Å². The summed E-state index contributed by atoms with van der Waals surface area (Å²) in [5, 5.41) is 0.424. The number of benzene rings is 3. The summed E-state index contributed by atoms with van der Waals surface area (Å²) < 4.78 is 11.9. The Morgan fingerprint density at radius 3 is 2.31 bits per heavy atom. The number of nitrogens with zero attached hydrogens (tertiary/aromatic N) is 4. The lowest BCUT2D eigenvalue weighted by atomic mass is 10.1. The van der Waals surface area contributed by atoms with Crippen LogP contribution in [0, 0.1) is 6.92 Å². The van der Waals surface area contributed by atoms with Gasteiger partial charge in [0.2, 0.25) is 5.95 Å². The van der Waals surface area contributed by atoms with Crippen molar-refractivity contribution in [3.63, 3.8) is 0 Å². The summed E-state index contributed by atoms with van der Waals surface area (Å²) in [6, 6.07) is 20.7. The van der Waals surface area contributed by atoms with Crippen molar-refractivity contribution in [3.8, 4) is 11.4 Å². The van der Waals surface area contributed by atoms with Crippen molar-refractivity contribution < 1.29 is 14.3 Å². The van der Waals surface area contributed by atoms with Gasteiger partial charge in [0.05, 0.1) is 36.4 Å². The number of fused-ring (bicyclic) bond motifs is 1. The van der Waals surface area contributed by atoms with E-state index >= 15 is 0 Å². The van der Waals surface area contributed by atoms with E-state index in [1.165, 1.54) is 18.4 Å². The maximum atomic E-state index is 13.8. The number of hydrogen-bond acceptors (Lipinski definition) is 7. The number of ether oxygens (including phenoxy) is 2. The highest BCUT2D eigenvalue weighted by molar-refractivity contribution is 5.94. The average molecular weight is 485 g/mol. The van der Waals surface area contributed by atoms with Gasteiger partial charge in [0.25, 0.3) is 5.56 Å². The molecule has 184 valence electrons. The first-order chi connectivity index (χ1) is 17.5. The van der Waals surface area contributed by atoms with Gasteiger partial charge in [0, 0.05) is 37.9 Å². The number of aromatic nitrogens is 2. The number of piperazine rings is 1. The lowest BCUT2D eigenvalue weighted by Crippen LogP contribution is -2.48. The molecule has 1 aliphatic heterocycles. The van der Waals surface area contributed by atoms with Crippen molar-refractivity contribution in [2.45, 2.75) is 6.92 Å². The number of methoxy groups -OCH3 is 2. The normalized spacial score (nSPS) is 13.6. The predicted octanol–water partition coefficient (Wildman–Crippen LogP) is 3.82. The van der Waals surface area contributed by atoms with Crippen molar-refractivity contribution in [2.75, 3.05) is 50.2 Å². The van der Waals surface area contributed by atoms with Gasteiger partial charge < -0.3 is 19.3 Å². The van der Waals surface area contributed by atoms with Crippen LogP contribution in [-0.4, -0.2) is 55.9 Å². The molecule has 0 N–H and O–H groups in total. The summed E-state index contributed by atoms with van der Waals surface area (Å²) in [7, 11) is 2.93. The molecule has 0 aliphatic carbocycles. The van der Waals surface area contributed by atoms with Crippen LogP contribution in [0.15, 0.2) is 71.5 Å². The molecule has 2 heterocycles. The van der Waals surface area contributed by atoms with E-state index in [1.807, 2.05) is 24.3 Å². The van der Waals surface area contributed by atoms with Gasteiger partial charge in [-0.05, 0) is 55.0 Å². The number of esters is 1. The Balaban J connectivity index is 1.59. The fraction of sp³-hybridized carbons (Fsp3) is 0.250. The molecule has 5 rings (SSSR count). The lowest BCUT2D eigenvalue weighted by molar-refractivity contribution is 0.0601. The van der Waals surface area contributed by atoms with Gasteiger partial charge in [-0.25, -0.2) is 14.3 Å². The van der Waals surface area contributed by atoms with Crippen LogP contribution in [-0.2, 0) is 4.74 Å². The molecule has 0 radical (unpaired) electrons. The first-order valence-electron chi connectivity index (χ1n) is 11.8. The highest BCUT2D eigenvalue weighted by Gasteiger charge is 2.24. The molecule has 8 heteroatoms. The van der Waals surface area contributed by atoms with E-state index in [-0.39, 0.29) is 5.56 Å². The Labute approximate surface area is 209 Å². The molecule has 1 aromatic heterocycles. The first kappa shape index (κ1) is 23.4. The van der Waals surface area contributed by atoms with Crippen LogP contribution in [0.1, 0.15) is 15.9 Å². The Bertz CT molecular complexity index is 1490. The number of aryl methyl sites for hydroxylation is 1. The summed E-state index contributed by atoms with van der Waals surface area (Å²) in [5.74, 6) is 0.714. The number of anilines is 2. The minimum atomic E-state index is -0.469. The molecule has 0 saturated carbocycles. The Kier molecular flexibility index (Phi) is 6.33. The molecule has 3 aromatic carbocycles. The van der Waals surface area contributed by atoms with Gasteiger partial charge in [-0.1, -0.05) is 18.2 Å². The van der Waals surface area contributed by atoms with E-state index in [2.05, 4.69) is 41.0 Å². The van der Waals surface area contributed by atoms with E-state index in [4.69, 9.17) is 14.5 Å². The van der Waals surface area contributed by atoms with Gasteiger partial charge >= 0.3 is 5.97 Å². The summed E-state index contributed by atoms with van der Waals surface area (Å²) >= 11 is 0. The topological polar surface area (TPSA) is 76.9 Å². The van der Waals surface area contributed by atoms with E-state index in [0.29, 0.717) is 46.9 Å². The fourth-order valence-electron chi connectivity index (χ4n) is 4.60. The molecule has 1 saturated heterocycles. The quantitative estimate of drug-likeness (QED) is 0.399. The van der Waals surface area contributed by atoms with Crippen LogP contribution in [0.25, 0.3) is 16.6 Å². The zero-order chi connectivity index (χ0) is 25.2. The van der Waals surface area contributed by atoms with E-state index in [9.17, 15) is 9.59 Å². The van der Waals surface area contributed by atoms with E-state index in [1.54, 1.807) is 29.9 Å². The summed E-state index contributed by atoms with van der Waals surface area (Å²) in [4.78, 5) is 35.3. The van der Waals surface area contributed by atoms with Crippen LogP contribution in [0.2, 0.25) is 0 Å².